The maximum atomic E-state index is 9.49. The van der Waals surface area contributed by atoms with Crippen LogP contribution in [0.1, 0.15) is 86.0 Å². The summed E-state index contributed by atoms with van der Waals surface area (Å²) in [5.41, 5.74) is 0. The van der Waals surface area contributed by atoms with E-state index in [-0.39, 0.29) is 42.5 Å². The van der Waals surface area contributed by atoms with Crippen molar-refractivity contribution in [3.8, 4) is 0 Å². The van der Waals surface area contributed by atoms with Crippen LogP contribution in [0.5, 0.6) is 0 Å². The van der Waals surface area contributed by atoms with Crippen LogP contribution in [-0.4, -0.2) is 29.8 Å². The second kappa shape index (κ2) is 36.7. The molecular formula is C18H31CoO10-5. The molecule has 0 heterocycles. The van der Waals surface area contributed by atoms with Crippen LogP contribution in [0.25, 0.3) is 0 Å². The molecule has 0 saturated carbocycles. The van der Waals surface area contributed by atoms with Gasteiger partial charge in [-0.2, -0.15) is 0 Å². The zero-order valence-corrected chi connectivity index (χ0v) is 18.6. The van der Waals surface area contributed by atoms with Crippen LogP contribution < -0.4 is 25.5 Å². The van der Waals surface area contributed by atoms with Gasteiger partial charge >= 0.3 is 0 Å². The van der Waals surface area contributed by atoms with E-state index >= 15 is 0 Å². The summed E-state index contributed by atoms with van der Waals surface area (Å²) >= 11 is 0. The van der Waals surface area contributed by atoms with Crippen LogP contribution in [0.3, 0.4) is 0 Å². The fourth-order valence-corrected chi connectivity index (χ4v) is 0.816. The first-order chi connectivity index (χ1) is 12.8. The van der Waals surface area contributed by atoms with Gasteiger partial charge in [-0.1, -0.05) is 53.4 Å². The summed E-state index contributed by atoms with van der Waals surface area (Å²) in [6.07, 6.45) is 3.40. The minimum atomic E-state index is -1.08. The first-order valence-corrected chi connectivity index (χ1v) is 8.78. The molecule has 11 heteroatoms. The minimum Gasteiger partial charge on any atom is -0.550 e. The number of carboxylic acid groups (broad SMARTS) is 5. The molecular weight excluding hydrogens is 435 g/mol. The van der Waals surface area contributed by atoms with Crippen molar-refractivity contribution in [2.24, 2.45) is 0 Å². The summed E-state index contributed by atoms with van der Waals surface area (Å²) in [7, 11) is 0. The smallest absolute Gasteiger partial charge is 0.0414 e. The number of carboxylic acids is 5. The van der Waals surface area contributed by atoms with Crippen molar-refractivity contribution >= 4 is 29.8 Å². The van der Waals surface area contributed by atoms with Gasteiger partial charge in [0.25, 0.3) is 0 Å². The van der Waals surface area contributed by atoms with E-state index in [2.05, 4.69) is 0 Å². The molecule has 29 heavy (non-hydrogen) atoms. The Morgan fingerprint density at radius 3 is 0.586 bits per heavy atom. The van der Waals surface area contributed by atoms with Crippen molar-refractivity contribution in [2.45, 2.75) is 86.0 Å². The molecule has 177 valence electrons. The third kappa shape index (κ3) is 151. The first-order valence-electron chi connectivity index (χ1n) is 8.78. The van der Waals surface area contributed by atoms with E-state index in [0.29, 0.717) is 25.7 Å². The van der Waals surface area contributed by atoms with Crippen molar-refractivity contribution in [2.75, 3.05) is 0 Å². The van der Waals surface area contributed by atoms with E-state index in [1.807, 2.05) is 0 Å². The molecule has 0 aliphatic heterocycles. The summed E-state index contributed by atoms with van der Waals surface area (Å²) in [5.74, 6) is -4.93. The van der Waals surface area contributed by atoms with Crippen molar-refractivity contribution in [1.29, 1.82) is 0 Å². The second-order valence-corrected chi connectivity index (χ2v) is 4.98. The molecule has 0 fully saturated rings. The molecule has 0 atom stereocenters. The van der Waals surface area contributed by atoms with Crippen LogP contribution >= 0.6 is 0 Å². The van der Waals surface area contributed by atoms with Crippen molar-refractivity contribution < 1.29 is 66.3 Å². The average Bonchev–Trinajstić information content (AvgIpc) is 2.47. The number of hydrogen-bond acceptors (Lipinski definition) is 10. The molecule has 1 radical (unpaired) electrons. The summed E-state index contributed by atoms with van der Waals surface area (Å²) in [6.45, 7) is 8.18. The van der Waals surface area contributed by atoms with E-state index in [9.17, 15) is 39.6 Å². The van der Waals surface area contributed by atoms with Gasteiger partial charge in [-0.25, -0.2) is 0 Å². The van der Waals surface area contributed by atoms with Crippen LogP contribution in [0.2, 0.25) is 0 Å². The monoisotopic (exact) mass is 466 g/mol. The van der Waals surface area contributed by atoms with Gasteiger partial charge in [0, 0.05) is 46.6 Å². The molecule has 0 aromatic heterocycles. The van der Waals surface area contributed by atoms with Gasteiger partial charge < -0.3 is 49.5 Å². The Labute approximate surface area is 182 Å². The molecule has 0 aromatic rings. The summed E-state index contributed by atoms with van der Waals surface area (Å²) in [5, 5.41) is 46.8. The van der Waals surface area contributed by atoms with Gasteiger partial charge in [0.1, 0.15) is 0 Å². The molecule has 0 saturated heterocycles. The summed E-state index contributed by atoms with van der Waals surface area (Å²) in [6, 6.07) is 0. The fourth-order valence-electron chi connectivity index (χ4n) is 0.816. The van der Waals surface area contributed by atoms with E-state index in [1.165, 1.54) is 0 Å². The number of aliphatic carboxylic acids is 5. The zero-order chi connectivity index (χ0) is 23.5. The Bertz CT molecular complexity index is 343. The third-order valence-electron chi connectivity index (χ3n) is 1.82. The number of hydrogen-bond donors (Lipinski definition) is 0. The molecule has 0 N–H and O–H groups in total. The normalized spacial score (nSPS) is 7.62. The molecule has 0 aliphatic carbocycles. The van der Waals surface area contributed by atoms with E-state index in [4.69, 9.17) is 9.90 Å². The van der Waals surface area contributed by atoms with Crippen LogP contribution in [0, 0.1) is 0 Å². The minimum absolute atomic E-state index is 0. The molecule has 0 unspecified atom stereocenters. The van der Waals surface area contributed by atoms with Gasteiger partial charge in [-0.05, 0) is 32.6 Å². The Morgan fingerprint density at radius 1 is 0.483 bits per heavy atom. The van der Waals surface area contributed by atoms with E-state index in [1.54, 1.807) is 27.7 Å². The predicted molar refractivity (Wildman–Crippen MR) is 90.3 cm³/mol. The Kier molecular flexibility index (Phi) is 52.3. The summed E-state index contributed by atoms with van der Waals surface area (Å²) < 4.78 is 0. The topological polar surface area (TPSA) is 201 Å². The largest absolute Gasteiger partial charge is 0.550 e. The quantitative estimate of drug-likeness (QED) is 0.353. The number of rotatable bonds is 8. The Hall–Kier alpha value is -2.14. The first kappa shape index (κ1) is 41.3. The van der Waals surface area contributed by atoms with Crippen molar-refractivity contribution in [1.82, 2.24) is 0 Å². The molecule has 0 amide bonds. The number of carbonyl (C=O) groups is 5. The second-order valence-electron chi connectivity index (χ2n) is 4.98. The maximum Gasteiger partial charge on any atom is 0.0414 e. The van der Waals surface area contributed by atoms with E-state index in [0.717, 1.165) is 6.92 Å². The molecule has 0 rings (SSSR count). The average molecular weight is 466 g/mol. The van der Waals surface area contributed by atoms with Crippen LogP contribution in [-0.2, 0) is 40.8 Å². The molecule has 0 bridgehead atoms. The molecule has 0 aliphatic rings. The fraction of sp³-hybridized carbons (Fsp3) is 0.722. The third-order valence-corrected chi connectivity index (χ3v) is 1.82. The zero-order valence-electron chi connectivity index (χ0n) is 17.6. The van der Waals surface area contributed by atoms with E-state index < -0.39 is 29.8 Å². The van der Waals surface area contributed by atoms with Gasteiger partial charge in [-0.15, -0.1) is 0 Å². The Morgan fingerprint density at radius 2 is 0.586 bits per heavy atom. The molecule has 0 aromatic carbocycles. The van der Waals surface area contributed by atoms with Gasteiger partial charge in [0.15, 0.2) is 0 Å². The predicted octanol–water partition coefficient (Wildman–Crippen LogP) is -3.10. The Balaban J connectivity index is -0.0000000569. The number of carbonyl (C=O) groups excluding carboxylic acids is 5. The summed E-state index contributed by atoms with van der Waals surface area (Å²) in [4.78, 5) is 46.8. The molecule has 10 nitrogen and oxygen atoms in total. The molecule has 0 spiro atoms. The standard InChI is InChI=1S/4C4H8O2.C2H4O2.Co/c4*1-2-3-4(5)6;1-2(3)4;/h4*2-3H2,1H3,(H,5,6);1H3,(H,3,4);/p-5. The van der Waals surface area contributed by atoms with Crippen LogP contribution in [0.4, 0.5) is 0 Å². The maximum absolute atomic E-state index is 9.49. The van der Waals surface area contributed by atoms with Gasteiger partial charge in [0.2, 0.25) is 0 Å². The van der Waals surface area contributed by atoms with Crippen molar-refractivity contribution in [3.05, 3.63) is 0 Å². The van der Waals surface area contributed by atoms with Crippen molar-refractivity contribution in [3.63, 3.8) is 0 Å². The van der Waals surface area contributed by atoms with Crippen LogP contribution in [0.15, 0.2) is 0 Å². The van der Waals surface area contributed by atoms with Gasteiger partial charge in [-0.3, -0.25) is 0 Å². The SMILES string of the molecule is CC(=O)[O-].CCCC(=O)[O-].CCCC(=O)[O-].CCCC(=O)[O-].CCCC(=O)[O-].[Co]. The van der Waals surface area contributed by atoms with Gasteiger partial charge in [0.05, 0.1) is 0 Å².